The number of carbonyl (C=O) groups excluding carboxylic acids is 1. The van der Waals surface area contributed by atoms with Crippen molar-refractivity contribution in [3.05, 3.63) is 65.2 Å². The van der Waals surface area contributed by atoms with E-state index in [0.717, 1.165) is 10.8 Å². The number of pyridine rings is 1. The van der Waals surface area contributed by atoms with Crippen molar-refractivity contribution in [3.8, 4) is 5.75 Å². The van der Waals surface area contributed by atoms with Gasteiger partial charge in [0.15, 0.2) is 0 Å². The highest BCUT2D eigenvalue weighted by Gasteiger charge is 2.29. The molecule has 0 fully saturated rings. The molecule has 0 saturated heterocycles. The van der Waals surface area contributed by atoms with Crippen molar-refractivity contribution >= 4 is 34.0 Å². The van der Waals surface area contributed by atoms with Gasteiger partial charge in [-0.1, -0.05) is 35.9 Å². The summed E-state index contributed by atoms with van der Waals surface area (Å²) in [5, 5.41) is 4.77. The van der Waals surface area contributed by atoms with E-state index in [2.05, 4.69) is 10.3 Å². The Bertz CT molecular complexity index is 972. The third-order valence-corrected chi connectivity index (χ3v) is 4.62. The maximum atomic E-state index is 13.6. The lowest BCUT2D eigenvalue weighted by molar-refractivity contribution is -0.118. The third kappa shape index (κ3) is 2.91. The molecule has 1 amide bonds. The number of hydrogen-bond acceptors (Lipinski definition) is 3. The highest BCUT2D eigenvalue weighted by Crippen LogP contribution is 2.37. The average molecular weight is 357 g/mol. The van der Waals surface area contributed by atoms with E-state index in [0.29, 0.717) is 30.0 Å². The molecular formula is C19H14ClFN2O2. The SMILES string of the molecule is O=C(Nc1cncc2ccccc12)C1CCOc2cc(F)c(Cl)cc21. The van der Waals surface area contributed by atoms with Crippen molar-refractivity contribution in [3.63, 3.8) is 0 Å². The lowest BCUT2D eigenvalue weighted by atomic mass is 9.92. The predicted molar refractivity (Wildman–Crippen MR) is 94.6 cm³/mol. The number of benzene rings is 2. The summed E-state index contributed by atoms with van der Waals surface area (Å²) in [7, 11) is 0. The summed E-state index contributed by atoms with van der Waals surface area (Å²) < 4.78 is 19.1. The van der Waals surface area contributed by atoms with Crippen molar-refractivity contribution in [1.82, 2.24) is 4.98 Å². The first-order valence-corrected chi connectivity index (χ1v) is 8.26. The second-order valence-electron chi connectivity index (χ2n) is 5.89. The molecule has 2 aromatic carbocycles. The van der Waals surface area contributed by atoms with Crippen molar-refractivity contribution in [2.24, 2.45) is 0 Å². The molecule has 1 aromatic heterocycles. The van der Waals surface area contributed by atoms with Crippen LogP contribution in [-0.4, -0.2) is 17.5 Å². The first kappa shape index (κ1) is 15.8. The first-order valence-electron chi connectivity index (χ1n) is 7.89. The first-order chi connectivity index (χ1) is 12.1. The minimum absolute atomic E-state index is 0.0196. The van der Waals surface area contributed by atoms with E-state index in [1.165, 1.54) is 12.1 Å². The van der Waals surface area contributed by atoms with Crippen LogP contribution in [-0.2, 0) is 4.79 Å². The van der Waals surface area contributed by atoms with Crippen LogP contribution in [0.15, 0.2) is 48.8 Å². The van der Waals surface area contributed by atoms with E-state index in [9.17, 15) is 9.18 Å². The number of carbonyl (C=O) groups is 1. The molecule has 25 heavy (non-hydrogen) atoms. The lowest BCUT2D eigenvalue weighted by Crippen LogP contribution is -2.26. The second-order valence-corrected chi connectivity index (χ2v) is 6.30. The van der Waals surface area contributed by atoms with E-state index in [1.807, 2.05) is 24.3 Å². The van der Waals surface area contributed by atoms with Gasteiger partial charge in [0.2, 0.25) is 5.91 Å². The van der Waals surface area contributed by atoms with Crippen LogP contribution >= 0.6 is 11.6 Å². The van der Waals surface area contributed by atoms with Crippen molar-refractivity contribution in [1.29, 1.82) is 0 Å². The van der Waals surface area contributed by atoms with Crippen LogP contribution in [0.5, 0.6) is 5.75 Å². The van der Waals surface area contributed by atoms with E-state index in [-0.39, 0.29) is 10.9 Å². The van der Waals surface area contributed by atoms with Crippen LogP contribution in [0.4, 0.5) is 10.1 Å². The third-order valence-electron chi connectivity index (χ3n) is 4.33. The Labute approximate surface area is 148 Å². The average Bonchev–Trinajstić information content (AvgIpc) is 2.62. The summed E-state index contributed by atoms with van der Waals surface area (Å²) in [4.78, 5) is 17.0. The van der Waals surface area contributed by atoms with Crippen molar-refractivity contribution < 1.29 is 13.9 Å². The highest BCUT2D eigenvalue weighted by molar-refractivity contribution is 6.30. The number of aromatic nitrogens is 1. The number of amides is 1. The number of nitrogens with one attached hydrogen (secondary N) is 1. The van der Waals surface area contributed by atoms with Gasteiger partial charge in [-0.25, -0.2) is 4.39 Å². The Morgan fingerprint density at radius 1 is 1.28 bits per heavy atom. The van der Waals surface area contributed by atoms with Gasteiger partial charge < -0.3 is 10.1 Å². The molecule has 4 nitrogen and oxygen atoms in total. The summed E-state index contributed by atoms with van der Waals surface area (Å²) >= 11 is 5.88. The van der Waals surface area contributed by atoms with E-state index in [1.54, 1.807) is 12.4 Å². The predicted octanol–water partition coefficient (Wildman–Crippen LogP) is 4.53. The number of ether oxygens (including phenoxy) is 1. The van der Waals surface area contributed by atoms with Gasteiger partial charge in [-0.15, -0.1) is 0 Å². The Hall–Kier alpha value is -2.66. The standard InChI is InChI=1S/C19H14ClFN2O2/c20-15-7-14-13(5-6-25-18(14)8-16(15)21)19(24)23-17-10-22-9-11-3-1-2-4-12(11)17/h1-4,7-10,13H,5-6H2,(H,23,24). The van der Waals surface area contributed by atoms with Crippen LogP contribution < -0.4 is 10.1 Å². The van der Waals surface area contributed by atoms with Crippen LogP contribution in [0, 0.1) is 5.82 Å². The zero-order valence-electron chi connectivity index (χ0n) is 13.1. The zero-order chi connectivity index (χ0) is 17.4. The molecule has 6 heteroatoms. The van der Waals surface area contributed by atoms with E-state index < -0.39 is 11.7 Å². The number of nitrogens with zero attached hydrogens (tertiary/aromatic N) is 1. The lowest BCUT2D eigenvalue weighted by Gasteiger charge is -2.25. The maximum Gasteiger partial charge on any atom is 0.232 e. The highest BCUT2D eigenvalue weighted by atomic mass is 35.5. The number of rotatable bonds is 2. The van der Waals surface area contributed by atoms with Crippen molar-refractivity contribution in [2.45, 2.75) is 12.3 Å². The van der Waals surface area contributed by atoms with E-state index in [4.69, 9.17) is 16.3 Å². The minimum atomic E-state index is -0.556. The minimum Gasteiger partial charge on any atom is -0.493 e. The molecule has 126 valence electrons. The molecule has 0 bridgehead atoms. The molecule has 0 saturated carbocycles. The molecule has 3 aromatic rings. The molecule has 1 aliphatic heterocycles. The summed E-state index contributed by atoms with van der Waals surface area (Å²) in [6.07, 6.45) is 3.87. The second kappa shape index (κ2) is 6.33. The summed E-state index contributed by atoms with van der Waals surface area (Å²) in [6, 6.07) is 10.4. The Morgan fingerprint density at radius 3 is 3.00 bits per heavy atom. The number of hydrogen-bond donors (Lipinski definition) is 1. The number of halogens is 2. The summed E-state index contributed by atoms with van der Waals surface area (Å²) in [5.74, 6) is -0.838. The van der Waals surface area contributed by atoms with Crippen molar-refractivity contribution in [2.75, 3.05) is 11.9 Å². The Morgan fingerprint density at radius 2 is 2.12 bits per heavy atom. The normalized spacial score (nSPS) is 16.2. The summed E-state index contributed by atoms with van der Waals surface area (Å²) in [6.45, 7) is 0.347. The van der Waals surface area contributed by atoms with Gasteiger partial charge in [0, 0.05) is 28.6 Å². The van der Waals surface area contributed by atoms with Gasteiger partial charge in [0.25, 0.3) is 0 Å². The molecule has 0 radical (unpaired) electrons. The summed E-state index contributed by atoms with van der Waals surface area (Å²) in [5.41, 5.74) is 1.24. The molecule has 0 spiro atoms. The van der Waals surface area contributed by atoms with Crippen LogP contribution in [0.2, 0.25) is 5.02 Å². The van der Waals surface area contributed by atoms with Gasteiger partial charge in [-0.3, -0.25) is 9.78 Å². The molecule has 0 aliphatic carbocycles. The van der Waals surface area contributed by atoms with Crippen LogP contribution in [0.1, 0.15) is 17.9 Å². The topological polar surface area (TPSA) is 51.2 Å². The fourth-order valence-electron chi connectivity index (χ4n) is 3.09. The molecular weight excluding hydrogens is 343 g/mol. The fourth-order valence-corrected chi connectivity index (χ4v) is 3.26. The van der Waals surface area contributed by atoms with Gasteiger partial charge >= 0.3 is 0 Å². The van der Waals surface area contributed by atoms with Gasteiger partial charge in [0.1, 0.15) is 11.6 Å². The van der Waals surface area contributed by atoms with Crippen LogP contribution in [0.3, 0.4) is 0 Å². The Kier molecular flexibility index (Phi) is 4.01. The Balaban J connectivity index is 1.67. The molecule has 1 N–H and O–H groups in total. The molecule has 2 heterocycles. The monoisotopic (exact) mass is 356 g/mol. The zero-order valence-corrected chi connectivity index (χ0v) is 13.9. The fraction of sp³-hybridized carbons (Fsp3) is 0.158. The van der Waals surface area contributed by atoms with Gasteiger partial charge in [-0.2, -0.15) is 0 Å². The quantitative estimate of drug-likeness (QED) is 0.733. The van der Waals surface area contributed by atoms with E-state index >= 15 is 0 Å². The molecule has 4 rings (SSSR count). The molecule has 1 atom stereocenters. The number of fused-ring (bicyclic) bond motifs is 2. The van der Waals surface area contributed by atoms with Gasteiger partial charge in [0.05, 0.1) is 29.4 Å². The smallest absolute Gasteiger partial charge is 0.232 e. The maximum absolute atomic E-state index is 13.6. The van der Waals surface area contributed by atoms with Gasteiger partial charge in [-0.05, 0) is 12.5 Å². The number of anilines is 1. The molecule has 1 aliphatic rings. The largest absolute Gasteiger partial charge is 0.493 e. The molecule has 1 unspecified atom stereocenters. The van der Waals surface area contributed by atoms with Crippen LogP contribution in [0.25, 0.3) is 10.8 Å².